The van der Waals surface area contributed by atoms with E-state index in [4.69, 9.17) is 18.5 Å². The Bertz CT molecular complexity index is 1140. The Labute approximate surface area is 346 Å². The summed E-state index contributed by atoms with van der Waals surface area (Å²) in [5, 5.41) is 31.4. The lowest BCUT2D eigenvalue weighted by Crippen LogP contribution is -2.37. The number of ether oxygens (including phenoxy) is 2. The molecular weight excluding hydrogens is 749 g/mol. The summed E-state index contributed by atoms with van der Waals surface area (Å²) in [5.41, 5.74) is 0. The Morgan fingerprint density at radius 2 is 1.35 bits per heavy atom. The molecule has 1 saturated carbocycles. The van der Waals surface area contributed by atoms with Crippen LogP contribution in [-0.4, -0.2) is 104 Å². The first-order valence-electron chi connectivity index (χ1n) is 22.3. The summed E-state index contributed by atoms with van der Waals surface area (Å²) in [5.74, 6) is -1.44. The van der Waals surface area contributed by atoms with Gasteiger partial charge in [-0.1, -0.05) is 134 Å². The van der Waals surface area contributed by atoms with Gasteiger partial charge >= 0.3 is 11.9 Å². The number of unbranched alkanes of at least 4 members (excludes halogenated alkanes) is 15. The molecule has 0 heterocycles. The molecule has 3 N–H and O–H groups in total. The van der Waals surface area contributed by atoms with Gasteiger partial charge in [-0.05, 0) is 38.0 Å². The first kappa shape index (κ1) is 53.4. The molecule has 0 radical (unpaired) electrons. The number of esters is 2. The molecule has 0 aromatic carbocycles. The Hall–Kier alpha value is -1.63. The minimum Gasteiger partial charge on any atom is -0.756 e. The van der Waals surface area contributed by atoms with Gasteiger partial charge in [0, 0.05) is 25.2 Å². The number of phosphoric acid groups is 1. The second-order valence-corrected chi connectivity index (χ2v) is 18.4. The van der Waals surface area contributed by atoms with Crippen molar-refractivity contribution in [2.75, 3.05) is 47.5 Å². The molecule has 0 saturated heterocycles. The van der Waals surface area contributed by atoms with Crippen LogP contribution >= 0.6 is 7.82 Å². The summed E-state index contributed by atoms with van der Waals surface area (Å²) in [7, 11) is 1.02. The monoisotopic (exact) mass is 832 g/mol. The van der Waals surface area contributed by atoms with Crippen molar-refractivity contribution in [1.82, 2.24) is 0 Å². The fraction of sp³-hybridized carbons (Fsp3) is 0.864. The van der Waals surface area contributed by atoms with Gasteiger partial charge in [-0.15, -0.1) is 0 Å². The van der Waals surface area contributed by atoms with Crippen molar-refractivity contribution >= 4 is 19.8 Å². The largest absolute Gasteiger partial charge is 0.756 e. The van der Waals surface area contributed by atoms with E-state index in [0.29, 0.717) is 43.1 Å². The highest BCUT2D eigenvalue weighted by Gasteiger charge is 2.39. The van der Waals surface area contributed by atoms with Crippen molar-refractivity contribution in [2.45, 2.75) is 186 Å². The number of rotatable bonds is 36. The number of likely N-dealkylation sites (N-methyl/N-ethyl adjacent to an activating group) is 1. The Balaban J connectivity index is 2.52. The standard InChI is InChI=1S/C44H82NO11P/c1-6-8-10-11-12-13-14-15-16-17-18-19-24-28-43(49)53-35-38(36-55-57(51,52)54-33-32-45(3,4)5)56-44(50)29-25-21-20-23-27-39-40(42(48)34-41(39)47)31-30-37(46)26-22-9-7-2/h20,23,30-31,37-42,46-48H,6-19,21-22,24-29,32-36H2,1-5H3/b23-20-,31-30+. The number of phosphoric ester groups is 1. The molecule has 0 aliphatic heterocycles. The van der Waals surface area contributed by atoms with Crippen LogP contribution in [0, 0.1) is 11.8 Å². The minimum absolute atomic E-state index is 0.0504. The number of hydrogen-bond donors (Lipinski definition) is 3. The van der Waals surface area contributed by atoms with E-state index >= 15 is 0 Å². The molecule has 0 amide bonds. The zero-order chi connectivity index (χ0) is 42.4. The Morgan fingerprint density at radius 3 is 1.96 bits per heavy atom. The highest BCUT2D eigenvalue weighted by atomic mass is 31.2. The maximum Gasteiger partial charge on any atom is 0.306 e. The zero-order valence-electron chi connectivity index (χ0n) is 36.4. The number of nitrogens with zero attached hydrogens (tertiary/aromatic N) is 1. The van der Waals surface area contributed by atoms with Gasteiger partial charge in [-0.2, -0.15) is 0 Å². The maximum absolute atomic E-state index is 12.8. The lowest BCUT2D eigenvalue weighted by atomic mass is 9.89. The van der Waals surface area contributed by atoms with Crippen LogP contribution in [0.3, 0.4) is 0 Å². The van der Waals surface area contributed by atoms with E-state index in [-0.39, 0.29) is 44.3 Å². The van der Waals surface area contributed by atoms with Crippen LogP contribution in [0.1, 0.15) is 162 Å². The highest BCUT2D eigenvalue weighted by Crippen LogP contribution is 2.38. The van der Waals surface area contributed by atoms with Gasteiger partial charge in [0.15, 0.2) is 6.10 Å². The lowest BCUT2D eigenvalue weighted by Gasteiger charge is -2.28. The van der Waals surface area contributed by atoms with Crippen molar-refractivity contribution < 1.29 is 57.4 Å². The van der Waals surface area contributed by atoms with E-state index in [0.717, 1.165) is 38.5 Å². The third kappa shape index (κ3) is 29.3. The minimum atomic E-state index is -4.69. The third-order valence-corrected chi connectivity index (χ3v) is 11.5. The van der Waals surface area contributed by atoms with Gasteiger partial charge < -0.3 is 43.2 Å². The second kappa shape index (κ2) is 32.2. The molecule has 7 atom stereocenters. The fourth-order valence-corrected chi connectivity index (χ4v) is 7.67. The maximum atomic E-state index is 12.8. The van der Waals surface area contributed by atoms with E-state index in [9.17, 15) is 34.4 Å². The molecule has 57 heavy (non-hydrogen) atoms. The molecule has 0 bridgehead atoms. The van der Waals surface area contributed by atoms with Gasteiger partial charge in [0.1, 0.15) is 19.8 Å². The van der Waals surface area contributed by atoms with Crippen LogP contribution in [0.15, 0.2) is 24.3 Å². The Morgan fingerprint density at radius 1 is 0.772 bits per heavy atom. The first-order valence-corrected chi connectivity index (χ1v) is 23.8. The molecule has 7 unspecified atom stereocenters. The van der Waals surface area contributed by atoms with Gasteiger partial charge in [-0.3, -0.25) is 14.2 Å². The van der Waals surface area contributed by atoms with Crippen LogP contribution in [0.4, 0.5) is 0 Å². The molecule has 1 rings (SSSR count). The average Bonchev–Trinajstić information content (AvgIpc) is 3.41. The van der Waals surface area contributed by atoms with Crippen LogP contribution in [-0.2, 0) is 32.7 Å². The van der Waals surface area contributed by atoms with E-state index in [1.165, 1.54) is 57.8 Å². The normalized spacial score (nSPS) is 20.9. The fourth-order valence-electron chi connectivity index (χ4n) is 6.94. The molecule has 1 fully saturated rings. The number of aliphatic hydroxyl groups excluding tert-OH is 3. The van der Waals surface area contributed by atoms with E-state index in [2.05, 4.69) is 13.8 Å². The van der Waals surface area contributed by atoms with Crippen LogP contribution in [0.5, 0.6) is 0 Å². The SMILES string of the molecule is CCCCCCCCCCCCCCCC(=O)OCC(COP(=O)([O-])OCC[N+](C)(C)C)OC(=O)CCC/C=C\CC1C(O)CC(O)C1/C=C/C(O)CCCCC. The zero-order valence-corrected chi connectivity index (χ0v) is 37.3. The van der Waals surface area contributed by atoms with Crippen LogP contribution in [0.25, 0.3) is 0 Å². The summed E-state index contributed by atoms with van der Waals surface area (Å²) < 4.78 is 33.8. The summed E-state index contributed by atoms with van der Waals surface area (Å²) in [6.45, 7) is 3.84. The average molecular weight is 832 g/mol. The summed E-state index contributed by atoms with van der Waals surface area (Å²) in [6.07, 6.45) is 25.8. The molecule has 0 aromatic heterocycles. The second-order valence-electron chi connectivity index (χ2n) is 17.0. The van der Waals surface area contributed by atoms with Gasteiger partial charge in [0.2, 0.25) is 0 Å². The number of carbonyl (C=O) groups excluding carboxylic acids is 2. The van der Waals surface area contributed by atoms with Crippen molar-refractivity contribution in [3.05, 3.63) is 24.3 Å². The molecule has 0 spiro atoms. The molecule has 12 nitrogen and oxygen atoms in total. The summed E-state index contributed by atoms with van der Waals surface area (Å²) in [6, 6.07) is 0. The van der Waals surface area contributed by atoms with Crippen LogP contribution in [0.2, 0.25) is 0 Å². The van der Waals surface area contributed by atoms with E-state index in [1.54, 1.807) is 6.08 Å². The van der Waals surface area contributed by atoms with Crippen molar-refractivity contribution in [3.8, 4) is 0 Å². The summed E-state index contributed by atoms with van der Waals surface area (Å²) in [4.78, 5) is 37.7. The molecular formula is C44H82NO11P. The Kier molecular flexibility index (Phi) is 30.1. The van der Waals surface area contributed by atoms with E-state index < -0.39 is 50.8 Å². The number of allylic oxidation sites excluding steroid dienone is 2. The van der Waals surface area contributed by atoms with E-state index in [1.807, 2.05) is 39.4 Å². The number of carbonyl (C=O) groups is 2. The molecule has 1 aliphatic rings. The van der Waals surface area contributed by atoms with Crippen molar-refractivity contribution in [2.24, 2.45) is 11.8 Å². The molecule has 13 heteroatoms. The first-order chi connectivity index (χ1) is 27.2. The van der Waals surface area contributed by atoms with Crippen molar-refractivity contribution in [3.63, 3.8) is 0 Å². The molecule has 0 aromatic rings. The predicted molar refractivity (Wildman–Crippen MR) is 224 cm³/mol. The predicted octanol–water partition coefficient (Wildman–Crippen LogP) is 8.10. The van der Waals surface area contributed by atoms with Gasteiger partial charge in [-0.25, -0.2) is 0 Å². The molecule has 1 aliphatic carbocycles. The number of quaternary nitrogens is 1. The topological polar surface area (TPSA) is 172 Å². The smallest absolute Gasteiger partial charge is 0.306 e. The number of aliphatic hydroxyl groups is 3. The highest BCUT2D eigenvalue weighted by molar-refractivity contribution is 7.45. The lowest BCUT2D eigenvalue weighted by molar-refractivity contribution is -0.870. The summed E-state index contributed by atoms with van der Waals surface area (Å²) >= 11 is 0. The quantitative estimate of drug-likeness (QED) is 0.0183. The number of hydrogen-bond acceptors (Lipinski definition) is 11. The van der Waals surface area contributed by atoms with Crippen molar-refractivity contribution in [1.29, 1.82) is 0 Å². The van der Waals surface area contributed by atoms with Crippen LogP contribution < -0.4 is 4.89 Å². The van der Waals surface area contributed by atoms with Gasteiger partial charge in [0.25, 0.3) is 7.82 Å². The third-order valence-electron chi connectivity index (χ3n) is 10.5. The van der Waals surface area contributed by atoms with Gasteiger partial charge in [0.05, 0.1) is 46.1 Å². The molecule has 334 valence electrons.